The average molecular weight is 424 g/mol. The summed E-state index contributed by atoms with van der Waals surface area (Å²) in [7, 11) is -2.85. The van der Waals surface area contributed by atoms with Crippen LogP contribution in [0.15, 0.2) is 48.5 Å². The fourth-order valence-corrected chi connectivity index (χ4v) is 12.0. The summed E-state index contributed by atoms with van der Waals surface area (Å²) in [4.78, 5) is 0. The van der Waals surface area contributed by atoms with Crippen LogP contribution in [0.1, 0.15) is 43.2 Å². The van der Waals surface area contributed by atoms with Crippen LogP contribution in [-0.2, 0) is 10.5 Å². The van der Waals surface area contributed by atoms with Crippen molar-refractivity contribution in [2.75, 3.05) is 0 Å². The molecule has 156 valence electrons. The molecule has 0 bridgehead atoms. The first-order valence-electron chi connectivity index (χ1n) is 11.0. The molecule has 0 fully saturated rings. The van der Waals surface area contributed by atoms with Crippen molar-refractivity contribution in [3.8, 4) is 17.2 Å². The lowest BCUT2D eigenvalue weighted by atomic mass is 10.0. The van der Waals surface area contributed by atoms with Crippen LogP contribution < -0.4 is 0 Å². The Hall–Kier alpha value is -1.68. The van der Waals surface area contributed by atoms with E-state index < -0.39 is 16.6 Å². The fourth-order valence-electron chi connectivity index (χ4n) is 3.89. The molecule has 0 aliphatic heterocycles. The first-order valence-corrected chi connectivity index (χ1v) is 17.5. The van der Waals surface area contributed by atoms with Crippen LogP contribution in [0.4, 0.5) is 0 Å². The summed E-state index contributed by atoms with van der Waals surface area (Å²) in [6.45, 7) is 11.7. The maximum absolute atomic E-state index is 8.91. The molecule has 0 amide bonds. The number of rotatable bonds is 11. The molecule has 0 radical (unpaired) electrons. The van der Waals surface area contributed by atoms with Crippen molar-refractivity contribution in [3.63, 3.8) is 0 Å². The van der Waals surface area contributed by atoms with E-state index in [-0.39, 0.29) is 0 Å². The topological polar surface area (TPSA) is 33.0 Å². The molecule has 0 saturated carbocycles. The van der Waals surface area contributed by atoms with Crippen molar-refractivity contribution in [2.45, 2.75) is 77.3 Å². The SMILES string of the molecule is C[Si](C)(C)O[Si](C)(C)CCCCCCCc1ccc(-c2ccc(C#N)cc2)cc1. The molecule has 29 heavy (non-hydrogen) atoms. The molecule has 0 atom stereocenters. The Kier molecular flexibility index (Phi) is 8.88. The predicted octanol–water partition coefficient (Wildman–Crippen LogP) is 7.77. The molecule has 0 heterocycles. The number of hydrogen-bond donors (Lipinski definition) is 0. The number of benzene rings is 2. The van der Waals surface area contributed by atoms with Gasteiger partial charge in [-0.25, -0.2) is 0 Å². The Morgan fingerprint density at radius 3 is 1.79 bits per heavy atom. The smallest absolute Gasteiger partial charge is 0.173 e. The van der Waals surface area contributed by atoms with E-state index in [1.807, 2.05) is 24.3 Å². The number of hydrogen-bond acceptors (Lipinski definition) is 2. The molecule has 0 aromatic heterocycles. The standard InChI is InChI=1S/C25H37NOSi2/c1-28(2,3)27-29(4,5)20-10-8-6-7-9-11-22-12-16-24(17-13-22)25-18-14-23(21-26)15-19-25/h12-19H,6-11,20H2,1-5H3. The summed E-state index contributed by atoms with van der Waals surface area (Å²) < 4.78 is 6.43. The van der Waals surface area contributed by atoms with E-state index in [1.54, 1.807) is 0 Å². The Morgan fingerprint density at radius 2 is 1.24 bits per heavy atom. The molecule has 0 N–H and O–H groups in total. The first kappa shape index (κ1) is 23.6. The van der Waals surface area contributed by atoms with E-state index in [0.717, 1.165) is 6.42 Å². The van der Waals surface area contributed by atoms with Crippen LogP contribution in [0, 0.1) is 11.3 Å². The number of nitrogens with zero attached hydrogens (tertiary/aromatic N) is 1. The van der Waals surface area contributed by atoms with E-state index in [2.05, 4.69) is 63.1 Å². The van der Waals surface area contributed by atoms with Gasteiger partial charge in [-0.05, 0) is 80.4 Å². The molecule has 2 rings (SSSR count). The van der Waals surface area contributed by atoms with Crippen LogP contribution >= 0.6 is 0 Å². The summed E-state index contributed by atoms with van der Waals surface area (Å²) in [6.07, 6.45) is 7.73. The third-order valence-corrected chi connectivity index (χ3v) is 11.3. The summed E-state index contributed by atoms with van der Waals surface area (Å²) >= 11 is 0. The Bertz CT molecular complexity index is 784. The quantitative estimate of drug-likeness (QED) is 0.273. The third-order valence-electron chi connectivity index (χ3n) is 5.13. The van der Waals surface area contributed by atoms with Crippen molar-refractivity contribution >= 4 is 16.6 Å². The van der Waals surface area contributed by atoms with Crippen LogP contribution in [0.5, 0.6) is 0 Å². The number of unbranched alkanes of at least 4 members (excludes halogenated alkanes) is 4. The minimum atomic E-state index is -1.45. The van der Waals surface area contributed by atoms with E-state index in [9.17, 15) is 0 Å². The monoisotopic (exact) mass is 423 g/mol. The summed E-state index contributed by atoms with van der Waals surface area (Å²) in [6, 6.07) is 20.2. The van der Waals surface area contributed by atoms with Gasteiger partial charge in [0, 0.05) is 0 Å². The zero-order valence-electron chi connectivity index (χ0n) is 18.9. The largest absolute Gasteiger partial charge is 0.456 e. The number of nitriles is 1. The zero-order chi connectivity index (χ0) is 21.3. The molecule has 2 nitrogen and oxygen atoms in total. The molecular weight excluding hydrogens is 386 g/mol. The molecule has 0 aliphatic rings. The summed E-state index contributed by atoms with van der Waals surface area (Å²) in [5.41, 5.74) is 4.50. The van der Waals surface area contributed by atoms with Crippen molar-refractivity contribution in [3.05, 3.63) is 59.7 Å². The fraction of sp³-hybridized carbons (Fsp3) is 0.480. The van der Waals surface area contributed by atoms with Gasteiger partial charge in [-0.15, -0.1) is 0 Å². The van der Waals surface area contributed by atoms with Gasteiger partial charge in [0.05, 0.1) is 11.6 Å². The molecular formula is C25H37NOSi2. The lowest BCUT2D eigenvalue weighted by Gasteiger charge is -2.31. The second kappa shape index (κ2) is 10.9. The van der Waals surface area contributed by atoms with Crippen molar-refractivity contribution in [1.29, 1.82) is 5.26 Å². The van der Waals surface area contributed by atoms with Gasteiger partial charge in [0.1, 0.15) is 0 Å². The molecule has 0 saturated heterocycles. The van der Waals surface area contributed by atoms with Gasteiger partial charge in [-0.1, -0.05) is 62.1 Å². The highest BCUT2D eigenvalue weighted by Gasteiger charge is 2.28. The molecule has 0 unspecified atom stereocenters. The van der Waals surface area contributed by atoms with Crippen LogP contribution in [-0.4, -0.2) is 16.6 Å². The Morgan fingerprint density at radius 1 is 0.724 bits per heavy atom. The summed E-state index contributed by atoms with van der Waals surface area (Å²) in [5.74, 6) is 0. The van der Waals surface area contributed by atoms with E-state index >= 15 is 0 Å². The molecule has 2 aromatic carbocycles. The lowest BCUT2D eigenvalue weighted by molar-refractivity contribution is 0.536. The van der Waals surface area contributed by atoms with Gasteiger partial charge in [0.25, 0.3) is 0 Å². The van der Waals surface area contributed by atoms with Crippen molar-refractivity contribution in [2.24, 2.45) is 0 Å². The molecule has 0 spiro atoms. The second-order valence-corrected chi connectivity index (χ2v) is 18.7. The van der Waals surface area contributed by atoms with Gasteiger partial charge >= 0.3 is 0 Å². The Balaban J connectivity index is 1.65. The Labute approximate surface area is 180 Å². The van der Waals surface area contributed by atoms with E-state index in [4.69, 9.17) is 9.38 Å². The summed E-state index contributed by atoms with van der Waals surface area (Å²) in [5, 5.41) is 8.91. The van der Waals surface area contributed by atoms with Crippen LogP contribution in [0.25, 0.3) is 11.1 Å². The van der Waals surface area contributed by atoms with Gasteiger partial charge in [-0.2, -0.15) is 5.26 Å². The average Bonchev–Trinajstić information content (AvgIpc) is 2.66. The minimum Gasteiger partial charge on any atom is -0.456 e. The third kappa shape index (κ3) is 9.12. The normalized spacial score (nSPS) is 12.0. The highest BCUT2D eigenvalue weighted by Crippen LogP contribution is 2.23. The van der Waals surface area contributed by atoms with Gasteiger partial charge in [-0.3, -0.25) is 0 Å². The highest BCUT2D eigenvalue weighted by molar-refractivity contribution is 6.84. The zero-order valence-corrected chi connectivity index (χ0v) is 20.9. The van der Waals surface area contributed by atoms with Gasteiger partial charge < -0.3 is 4.12 Å². The lowest BCUT2D eigenvalue weighted by Crippen LogP contribution is -2.42. The first-order chi connectivity index (χ1) is 13.7. The van der Waals surface area contributed by atoms with E-state index in [1.165, 1.54) is 54.8 Å². The van der Waals surface area contributed by atoms with Gasteiger partial charge in [0.15, 0.2) is 16.6 Å². The maximum atomic E-state index is 8.91. The van der Waals surface area contributed by atoms with Gasteiger partial charge in [0.2, 0.25) is 0 Å². The van der Waals surface area contributed by atoms with Crippen molar-refractivity contribution < 1.29 is 4.12 Å². The predicted molar refractivity (Wildman–Crippen MR) is 130 cm³/mol. The highest BCUT2D eigenvalue weighted by atomic mass is 28.4. The van der Waals surface area contributed by atoms with Crippen LogP contribution in [0.3, 0.4) is 0 Å². The van der Waals surface area contributed by atoms with Crippen molar-refractivity contribution in [1.82, 2.24) is 0 Å². The minimum absolute atomic E-state index is 0.708. The van der Waals surface area contributed by atoms with Crippen LogP contribution in [0.2, 0.25) is 38.8 Å². The molecule has 0 aliphatic carbocycles. The molecule has 2 aromatic rings. The second-order valence-electron chi connectivity index (χ2n) is 9.63. The molecule has 4 heteroatoms. The van der Waals surface area contributed by atoms with E-state index in [0.29, 0.717) is 5.56 Å². The number of aryl methyl sites for hydroxylation is 1. The maximum Gasteiger partial charge on any atom is 0.173 e.